The van der Waals surface area contributed by atoms with Gasteiger partial charge < -0.3 is 10.2 Å². The molecule has 1 heterocycles. The molecule has 0 radical (unpaired) electrons. The highest BCUT2D eigenvalue weighted by Gasteiger charge is 2.35. The Labute approximate surface area is 157 Å². The van der Waals surface area contributed by atoms with Gasteiger partial charge in [0.15, 0.2) is 6.04 Å². The van der Waals surface area contributed by atoms with Crippen LogP contribution in [0.2, 0.25) is 0 Å². The lowest BCUT2D eigenvalue weighted by Gasteiger charge is -2.34. The first-order valence-corrected chi connectivity index (χ1v) is 10.8. The molecular formula is C19H32N3O3S+. The van der Waals surface area contributed by atoms with E-state index in [-0.39, 0.29) is 11.9 Å². The van der Waals surface area contributed by atoms with Gasteiger partial charge in [0.25, 0.3) is 5.91 Å². The van der Waals surface area contributed by atoms with Crippen molar-refractivity contribution in [3.63, 3.8) is 0 Å². The molecule has 2 N–H and O–H groups in total. The molecule has 0 bridgehead atoms. The monoisotopic (exact) mass is 382 g/mol. The normalized spacial score (nSPS) is 17.9. The van der Waals surface area contributed by atoms with Crippen LogP contribution < -0.4 is 10.2 Å². The second kappa shape index (κ2) is 8.50. The van der Waals surface area contributed by atoms with Gasteiger partial charge in [0.05, 0.1) is 31.1 Å². The molecule has 1 fully saturated rings. The van der Waals surface area contributed by atoms with E-state index in [1.165, 1.54) is 0 Å². The van der Waals surface area contributed by atoms with Crippen molar-refractivity contribution in [3.05, 3.63) is 28.8 Å². The molecule has 0 aliphatic carbocycles. The molecule has 1 aromatic rings. The fourth-order valence-corrected chi connectivity index (χ4v) is 5.59. The smallest absolute Gasteiger partial charge is 0.278 e. The maximum absolute atomic E-state index is 13.1. The number of amides is 1. The predicted octanol–water partition coefficient (Wildman–Crippen LogP) is 0.416. The van der Waals surface area contributed by atoms with Gasteiger partial charge in [-0.25, -0.2) is 8.42 Å². The lowest BCUT2D eigenvalue weighted by atomic mass is 10.1. The van der Waals surface area contributed by atoms with Crippen molar-refractivity contribution in [1.29, 1.82) is 0 Å². The number of hydrogen-bond donors (Lipinski definition) is 2. The Morgan fingerprint density at radius 3 is 2.23 bits per heavy atom. The molecule has 2 rings (SSSR count). The number of quaternary nitrogens is 1. The SMILES string of the molecule is CCCNC(=O)[C@@H](C)[NH+]1CCN(S(=O)(=O)c2c(C)cc(C)cc2C)CC1. The minimum absolute atomic E-state index is 0.0448. The summed E-state index contributed by atoms with van der Waals surface area (Å²) in [7, 11) is -3.50. The zero-order chi connectivity index (χ0) is 19.5. The van der Waals surface area contributed by atoms with Gasteiger partial charge in [0, 0.05) is 6.54 Å². The number of piperazine rings is 1. The zero-order valence-electron chi connectivity index (χ0n) is 16.6. The molecular weight excluding hydrogens is 350 g/mol. The summed E-state index contributed by atoms with van der Waals surface area (Å²) in [5.41, 5.74) is 2.66. The number of benzene rings is 1. The van der Waals surface area contributed by atoms with Crippen LogP contribution in [0.5, 0.6) is 0 Å². The van der Waals surface area contributed by atoms with Crippen LogP contribution in [0.25, 0.3) is 0 Å². The highest BCUT2D eigenvalue weighted by Crippen LogP contribution is 2.25. The number of hydrogen-bond acceptors (Lipinski definition) is 3. The van der Waals surface area contributed by atoms with Gasteiger partial charge in [0.2, 0.25) is 10.0 Å². The summed E-state index contributed by atoms with van der Waals surface area (Å²) in [6.45, 7) is 12.5. The number of carbonyl (C=O) groups excluding carboxylic acids is 1. The molecule has 0 aromatic heterocycles. The van der Waals surface area contributed by atoms with E-state index in [9.17, 15) is 13.2 Å². The van der Waals surface area contributed by atoms with Crippen LogP contribution in [0, 0.1) is 20.8 Å². The van der Waals surface area contributed by atoms with Crippen LogP contribution in [0.3, 0.4) is 0 Å². The van der Waals surface area contributed by atoms with Crippen molar-refractivity contribution in [1.82, 2.24) is 9.62 Å². The van der Waals surface area contributed by atoms with Gasteiger partial charge >= 0.3 is 0 Å². The third kappa shape index (κ3) is 4.45. The van der Waals surface area contributed by atoms with E-state index in [2.05, 4.69) is 5.32 Å². The minimum Gasteiger partial charge on any atom is -0.351 e. The first-order valence-electron chi connectivity index (χ1n) is 9.38. The van der Waals surface area contributed by atoms with E-state index in [0.717, 1.165) is 28.0 Å². The Kier molecular flexibility index (Phi) is 6.82. The van der Waals surface area contributed by atoms with Crippen molar-refractivity contribution in [2.24, 2.45) is 0 Å². The number of nitrogens with zero attached hydrogens (tertiary/aromatic N) is 1. The summed E-state index contributed by atoms with van der Waals surface area (Å²) >= 11 is 0. The van der Waals surface area contributed by atoms with E-state index in [1.54, 1.807) is 4.31 Å². The number of aryl methyl sites for hydroxylation is 3. The first-order chi connectivity index (χ1) is 12.2. The molecule has 1 atom stereocenters. The van der Waals surface area contributed by atoms with Gasteiger partial charge in [-0.3, -0.25) is 4.79 Å². The second-order valence-electron chi connectivity index (χ2n) is 7.30. The van der Waals surface area contributed by atoms with Crippen LogP contribution >= 0.6 is 0 Å². The van der Waals surface area contributed by atoms with Gasteiger partial charge in [0.1, 0.15) is 0 Å². The molecule has 0 spiro atoms. The van der Waals surface area contributed by atoms with Crippen LogP contribution in [0.15, 0.2) is 17.0 Å². The van der Waals surface area contributed by atoms with Crippen LogP contribution in [-0.2, 0) is 14.8 Å². The quantitative estimate of drug-likeness (QED) is 0.749. The van der Waals surface area contributed by atoms with E-state index in [1.807, 2.05) is 46.8 Å². The highest BCUT2D eigenvalue weighted by atomic mass is 32.2. The molecule has 1 aromatic carbocycles. The molecule has 146 valence electrons. The number of sulfonamides is 1. The molecule has 0 saturated carbocycles. The lowest BCUT2D eigenvalue weighted by molar-refractivity contribution is -0.917. The van der Waals surface area contributed by atoms with Gasteiger partial charge in [-0.15, -0.1) is 0 Å². The Hall–Kier alpha value is -1.44. The molecule has 1 aliphatic rings. The average Bonchev–Trinajstić information content (AvgIpc) is 2.58. The van der Waals surface area contributed by atoms with Gasteiger partial charge in [-0.2, -0.15) is 4.31 Å². The van der Waals surface area contributed by atoms with E-state index in [4.69, 9.17) is 0 Å². The molecule has 0 unspecified atom stereocenters. The Morgan fingerprint density at radius 2 is 1.73 bits per heavy atom. The summed E-state index contributed by atoms with van der Waals surface area (Å²) in [5.74, 6) is 0.0448. The van der Waals surface area contributed by atoms with Gasteiger partial charge in [-0.1, -0.05) is 24.6 Å². The standard InChI is InChI=1S/C19H31N3O3S/c1-6-7-20-19(23)17(5)21-8-10-22(11-9-21)26(24,25)18-15(3)12-14(2)13-16(18)4/h12-13,17H,6-11H2,1-5H3,(H,20,23)/p+1/t17-/m1/s1. The molecule has 1 amide bonds. The van der Waals surface area contributed by atoms with Crippen LogP contribution in [-0.4, -0.2) is 57.4 Å². The Morgan fingerprint density at radius 1 is 1.19 bits per heavy atom. The van der Waals surface area contributed by atoms with Crippen molar-refractivity contribution in [2.75, 3.05) is 32.7 Å². The van der Waals surface area contributed by atoms with Crippen LogP contribution in [0.4, 0.5) is 0 Å². The summed E-state index contributed by atoms with van der Waals surface area (Å²) in [6, 6.07) is 3.68. The fourth-order valence-electron chi connectivity index (χ4n) is 3.74. The van der Waals surface area contributed by atoms with Crippen molar-refractivity contribution < 1.29 is 18.1 Å². The number of carbonyl (C=O) groups is 1. The third-order valence-electron chi connectivity index (χ3n) is 5.12. The number of rotatable bonds is 6. The fraction of sp³-hybridized carbons (Fsp3) is 0.632. The molecule has 1 aliphatic heterocycles. The van der Waals surface area contributed by atoms with Crippen LogP contribution in [0.1, 0.15) is 37.0 Å². The maximum Gasteiger partial charge on any atom is 0.278 e. The Balaban J connectivity index is 2.09. The zero-order valence-corrected chi connectivity index (χ0v) is 17.4. The highest BCUT2D eigenvalue weighted by molar-refractivity contribution is 7.89. The Bertz CT molecular complexity index is 730. The lowest BCUT2D eigenvalue weighted by Crippen LogP contribution is -3.19. The summed E-state index contributed by atoms with van der Waals surface area (Å²) < 4.78 is 27.8. The van der Waals surface area contributed by atoms with E-state index < -0.39 is 10.0 Å². The average molecular weight is 383 g/mol. The second-order valence-corrected chi connectivity index (χ2v) is 9.18. The maximum atomic E-state index is 13.1. The minimum atomic E-state index is -3.50. The number of nitrogens with one attached hydrogen (secondary N) is 2. The largest absolute Gasteiger partial charge is 0.351 e. The molecule has 26 heavy (non-hydrogen) atoms. The summed E-state index contributed by atoms with van der Waals surface area (Å²) in [6.07, 6.45) is 0.912. The topological polar surface area (TPSA) is 70.9 Å². The van der Waals surface area contributed by atoms with E-state index in [0.29, 0.717) is 37.6 Å². The predicted molar refractivity (Wildman–Crippen MR) is 103 cm³/mol. The molecule has 7 heteroatoms. The molecule has 1 saturated heterocycles. The van der Waals surface area contributed by atoms with Crippen molar-refractivity contribution in [2.45, 2.75) is 52.0 Å². The summed E-state index contributed by atoms with van der Waals surface area (Å²) in [5, 5.41) is 2.93. The van der Waals surface area contributed by atoms with E-state index >= 15 is 0 Å². The van der Waals surface area contributed by atoms with Gasteiger partial charge in [-0.05, 0) is 45.2 Å². The summed E-state index contributed by atoms with van der Waals surface area (Å²) in [4.78, 5) is 13.7. The molecule has 6 nitrogen and oxygen atoms in total. The van der Waals surface area contributed by atoms with Crippen molar-refractivity contribution in [3.8, 4) is 0 Å². The van der Waals surface area contributed by atoms with Crippen molar-refractivity contribution >= 4 is 15.9 Å². The first kappa shape index (κ1) is 20.9. The third-order valence-corrected chi connectivity index (χ3v) is 7.33.